The molecule has 0 heterocycles. The Kier molecular flexibility index (Phi) is 4.74. The standard InChI is InChI=1S/C16H17NO3/c1-17(14-5-3-2-4-6-14)16(19)12-20-15-9-7-13(11-18)8-10-15/h2-10,18H,11-12H2,1H3. The molecule has 20 heavy (non-hydrogen) atoms. The molecule has 0 saturated heterocycles. The summed E-state index contributed by atoms with van der Waals surface area (Å²) in [7, 11) is 1.72. The Bertz CT molecular complexity index is 552. The molecule has 0 spiro atoms. The van der Waals surface area contributed by atoms with Crippen molar-refractivity contribution in [3.63, 3.8) is 0 Å². The number of carbonyl (C=O) groups excluding carboxylic acids is 1. The fourth-order valence-electron chi connectivity index (χ4n) is 1.73. The lowest BCUT2D eigenvalue weighted by atomic mass is 10.2. The number of anilines is 1. The van der Waals surface area contributed by atoms with Gasteiger partial charge in [-0.05, 0) is 29.8 Å². The van der Waals surface area contributed by atoms with Crippen LogP contribution < -0.4 is 9.64 Å². The maximum absolute atomic E-state index is 12.0. The van der Waals surface area contributed by atoms with Gasteiger partial charge >= 0.3 is 0 Å². The van der Waals surface area contributed by atoms with E-state index < -0.39 is 0 Å². The number of para-hydroxylation sites is 1. The number of aliphatic hydroxyl groups is 1. The van der Waals surface area contributed by atoms with Gasteiger partial charge in [-0.25, -0.2) is 0 Å². The Hall–Kier alpha value is -2.33. The van der Waals surface area contributed by atoms with Gasteiger partial charge in [0.1, 0.15) is 5.75 Å². The van der Waals surface area contributed by atoms with Crippen LogP contribution in [0.15, 0.2) is 54.6 Å². The number of hydrogen-bond donors (Lipinski definition) is 1. The molecule has 2 aromatic carbocycles. The summed E-state index contributed by atoms with van der Waals surface area (Å²) in [5.41, 5.74) is 1.64. The van der Waals surface area contributed by atoms with Crippen LogP contribution in [-0.4, -0.2) is 24.7 Å². The quantitative estimate of drug-likeness (QED) is 0.907. The molecule has 0 bridgehead atoms. The van der Waals surface area contributed by atoms with Crippen molar-refractivity contribution in [2.24, 2.45) is 0 Å². The zero-order valence-corrected chi connectivity index (χ0v) is 11.3. The summed E-state index contributed by atoms with van der Waals surface area (Å²) in [6.45, 7) is -0.0280. The van der Waals surface area contributed by atoms with Crippen molar-refractivity contribution in [2.45, 2.75) is 6.61 Å². The van der Waals surface area contributed by atoms with Gasteiger partial charge in [0.05, 0.1) is 6.61 Å². The highest BCUT2D eigenvalue weighted by molar-refractivity contribution is 5.93. The number of carbonyl (C=O) groups is 1. The summed E-state index contributed by atoms with van der Waals surface area (Å²) >= 11 is 0. The molecule has 2 aromatic rings. The number of nitrogens with zero attached hydrogens (tertiary/aromatic N) is 1. The molecule has 0 aliphatic rings. The topological polar surface area (TPSA) is 49.8 Å². The molecule has 0 fully saturated rings. The number of likely N-dealkylation sites (N-methyl/N-ethyl adjacent to an activating group) is 1. The van der Waals surface area contributed by atoms with E-state index in [9.17, 15) is 4.79 Å². The molecule has 0 saturated carbocycles. The molecule has 0 aliphatic heterocycles. The number of rotatable bonds is 5. The zero-order valence-electron chi connectivity index (χ0n) is 11.3. The van der Waals surface area contributed by atoms with Gasteiger partial charge in [0.25, 0.3) is 5.91 Å². The van der Waals surface area contributed by atoms with E-state index in [1.54, 1.807) is 36.2 Å². The van der Waals surface area contributed by atoms with Crippen LogP contribution >= 0.6 is 0 Å². The summed E-state index contributed by atoms with van der Waals surface area (Å²) in [6.07, 6.45) is 0. The van der Waals surface area contributed by atoms with Gasteiger partial charge in [-0.15, -0.1) is 0 Å². The first-order valence-electron chi connectivity index (χ1n) is 6.35. The number of benzene rings is 2. The lowest BCUT2D eigenvalue weighted by Crippen LogP contribution is -2.31. The first-order chi connectivity index (χ1) is 9.70. The Balaban J connectivity index is 1.91. The van der Waals surface area contributed by atoms with Gasteiger partial charge in [-0.1, -0.05) is 30.3 Å². The van der Waals surface area contributed by atoms with Crippen molar-refractivity contribution in [1.29, 1.82) is 0 Å². The van der Waals surface area contributed by atoms with Crippen LogP contribution in [0.2, 0.25) is 0 Å². The molecule has 0 aliphatic carbocycles. The van der Waals surface area contributed by atoms with E-state index in [0.29, 0.717) is 5.75 Å². The third kappa shape index (κ3) is 3.59. The predicted molar refractivity (Wildman–Crippen MR) is 77.7 cm³/mol. The molecule has 4 heteroatoms. The van der Waals surface area contributed by atoms with Gasteiger partial charge in [-0.2, -0.15) is 0 Å². The average molecular weight is 271 g/mol. The highest BCUT2D eigenvalue weighted by Gasteiger charge is 2.11. The van der Waals surface area contributed by atoms with E-state index in [2.05, 4.69) is 0 Å². The first-order valence-corrected chi connectivity index (χ1v) is 6.35. The third-order valence-corrected chi connectivity index (χ3v) is 2.99. The van der Waals surface area contributed by atoms with Crippen LogP contribution in [0.25, 0.3) is 0 Å². The third-order valence-electron chi connectivity index (χ3n) is 2.99. The van der Waals surface area contributed by atoms with Crippen molar-refractivity contribution in [1.82, 2.24) is 0 Å². The Morgan fingerprint density at radius 3 is 2.35 bits per heavy atom. The summed E-state index contributed by atoms with van der Waals surface area (Å²) in [4.78, 5) is 13.6. The largest absolute Gasteiger partial charge is 0.484 e. The maximum atomic E-state index is 12.0. The van der Waals surface area contributed by atoms with Gasteiger partial charge in [0, 0.05) is 12.7 Å². The average Bonchev–Trinajstić information content (AvgIpc) is 2.53. The van der Waals surface area contributed by atoms with Gasteiger partial charge in [-0.3, -0.25) is 4.79 Å². The Labute approximate surface area is 118 Å². The maximum Gasteiger partial charge on any atom is 0.264 e. The Morgan fingerprint density at radius 1 is 1.10 bits per heavy atom. The van der Waals surface area contributed by atoms with E-state index in [-0.39, 0.29) is 19.1 Å². The van der Waals surface area contributed by atoms with Gasteiger partial charge in [0.2, 0.25) is 0 Å². The van der Waals surface area contributed by atoms with Crippen LogP contribution in [0.1, 0.15) is 5.56 Å². The van der Waals surface area contributed by atoms with Crippen molar-refractivity contribution in [2.75, 3.05) is 18.6 Å². The summed E-state index contributed by atoms with van der Waals surface area (Å²) in [5, 5.41) is 8.94. The second-order valence-electron chi connectivity index (χ2n) is 4.38. The van der Waals surface area contributed by atoms with Crippen molar-refractivity contribution < 1.29 is 14.6 Å². The van der Waals surface area contributed by atoms with Gasteiger partial charge < -0.3 is 14.7 Å². The predicted octanol–water partition coefficient (Wildman–Crippen LogP) is 2.22. The SMILES string of the molecule is CN(C(=O)COc1ccc(CO)cc1)c1ccccc1. The lowest BCUT2D eigenvalue weighted by Gasteiger charge is -2.17. The van der Waals surface area contributed by atoms with Crippen molar-refractivity contribution >= 4 is 11.6 Å². The van der Waals surface area contributed by atoms with E-state index in [1.807, 2.05) is 30.3 Å². The molecular weight excluding hydrogens is 254 g/mol. The molecule has 1 amide bonds. The molecule has 4 nitrogen and oxygen atoms in total. The van der Waals surface area contributed by atoms with Crippen molar-refractivity contribution in [3.05, 3.63) is 60.2 Å². The molecule has 0 aromatic heterocycles. The fourth-order valence-corrected chi connectivity index (χ4v) is 1.73. The van der Waals surface area contributed by atoms with Crippen molar-refractivity contribution in [3.8, 4) is 5.75 Å². The number of hydrogen-bond acceptors (Lipinski definition) is 3. The van der Waals surface area contributed by atoms with Gasteiger partial charge in [0.15, 0.2) is 6.61 Å². The molecule has 0 unspecified atom stereocenters. The number of ether oxygens (including phenoxy) is 1. The lowest BCUT2D eigenvalue weighted by molar-refractivity contribution is -0.120. The van der Waals surface area contributed by atoms with Crippen LogP contribution in [0.4, 0.5) is 5.69 Å². The number of aliphatic hydroxyl groups excluding tert-OH is 1. The van der Waals surface area contributed by atoms with Crippen LogP contribution in [0.5, 0.6) is 5.75 Å². The number of amides is 1. The minimum absolute atomic E-state index is 0.00401. The van der Waals surface area contributed by atoms with E-state index in [4.69, 9.17) is 9.84 Å². The van der Waals surface area contributed by atoms with Crippen LogP contribution in [0.3, 0.4) is 0 Å². The van der Waals surface area contributed by atoms with Crippen LogP contribution in [-0.2, 0) is 11.4 Å². The molecule has 104 valence electrons. The molecule has 0 atom stereocenters. The summed E-state index contributed by atoms with van der Waals surface area (Å²) < 4.78 is 5.44. The zero-order chi connectivity index (χ0) is 14.4. The minimum atomic E-state index is -0.123. The van der Waals surface area contributed by atoms with E-state index in [0.717, 1.165) is 11.3 Å². The molecule has 1 N–H and O–H groups in total. The smallest absolute Gasteiger partial charge is 0.264 e. The molecular formula is C16H17NO3. The second-order valence-corrected chi connectivity index (χ2v) is 4.38. The summed E-state index contributed by atoms with van der Waals surface area (Å²) in [5.74, 6) is 0.486. The highest BCUT2D eigenvalue weighted by Crippen LogP contribution is 2.14. The molecule has 0 radical (unpaired) electrons. The molecule has 2 rings (SSSR count). The van der Waals surface area contributed by atoms with E-state index >= 15 is 0 Å². The monoisotopic (exact) mass is 271 g/mol. The fraction of sp³-hybridized carbons (Fsp3) is 0.188. The first kappa shape index (κ1) is 14.1. The normalized spacial score (nSPS) is 10.1. The summed E-state index contributed by atoms with van der Waals surface area (Å²) in [6, 6.07) is 16.4. The second kappa shape index (κ2) is 6.73. The minimum Gasteiger partial charge on any atom is -0.484 e. The van der Waals surface area contributed by atoms with Crippen LogP contribution in [0, 0.1) is 0 Å². The highest BCUT2D eigenvalue weighted by atomic mass is 16.5. The van der Waals surface area contributed by atoms with E-state index in [1.165, 1.54) is 0 Å². The Morgan fingerprint density at radius 2 is 1.75 bits per heavy atom.